The average molecular weight is 267 g/mol. The Balaban J connectivity index is 1.74. The van der Waals surface area contributed by atoms with Crippen molar-refractivity contribution in [3.05, 3.63) is 17.5 Å². The van der Waals surface area contributed by atoms with Gasteiger partial charge < -0.3 is 14.5 Å². The predicted octanol–water partition coefficient (Wildman–Crippen LogP) is 0.400. The molecule has 0 aliphatic carbocycles. The monoisotopic (exact) mass is 267 g/mol. The second-order valence-electron chi connectivity index (χ2n) is 4.92. The Morgan fingerprint density at radius 3 is 2.74 bits per heavy atom. The number of nitrogens with zero attached hydrogens (tertiary/aromatic N) is 3. The first kappa shape index (κ1) is 14.0. The van der Waals surface area contributed by atoms with Crippen LogP contribution in [0.1, 0.15) is 24.3 Å². The molecule has 106 valence electrons. The van der Waals surface area contributed by atoms with Crippen LogP contribution in [0.3, 0.4) is 0 Å². The SMILES string of the molecule is Cc1cc(CN2CCN(C(=O)CCCO)CC2)on1. The third-order valence-corrected chi connectivity index (χ3v) is 3.33. The van der Waals surface area contributed by atoms with Crippen LogP contribution >= 0.6 is 0 Å². The van der Waals surface area contributed by atoms with Crippen LogP contribution in [0.2, 0.25) is 0 Å². The molecule has 1 fully saturated rings. The number of rotatable bonds is 5. The fourth-order valence-electron chi connectivity index (χ4n) is 2.25. The number of aliphatic hydroxyl groups excluding tert-OH is 1. The van der Waals surface area contributed by atoms with E-state index in [1.807, 2.05) is 17.9 Å². The van der Waals surface area contributed by atoms with Gasteiger partial charge >= 0.3 is 0 Å². The van der Waals surface area contributed by atoms with Crippen LogP contribution in [0.5, 0.6) is 0 Å². The molecule has 1 saturated heterocycles. The summed E-state index contributed by atoms with van der Waals surface area (Å²) in [6.07, 6.45) is 0.994. The van der Waals surface area contributed by atoms with Gasteiger partial charge in [-0.3, -0.25) is 9.69 Å². The number of aromatic nitrogens is 1. The molecular weight excluding hydrogens is 246 g/mol. The molecule has 0 atom stereocenters. The standard InChI is InChI=1S/C13H21N3O3/c1-11-9-12(19-14-11)10-15-4-6-16(7-5-15)13(18)3-2-8-17/h9,17H,2-8,10H2,1H3. The van der Waals surface area contributed by atoms with Crippen LogP contribution in [-0.4, -0.2) is 58.8 Å². The molecule has 1 aliphatic rings. The van der Waals surface area contributed by atoms with Crippen LogP contribution in [0.25, 0.3) is 0 Å². The number of amides is 1. The van der Waals surface area contributed by atoms with Crippen molar-refractivity contribution in [3.63, 3.8) is 0 Å². The molecule has 2 rings (SSSR count). The first-order valence-electron chi connectivity index (χ1n) is 6.72. The van der Waals surface area contributed by atoms with E-state index in [1.165, 1.54) is 0 Å². The van der Waals surface area contributed by atoms with Crippen molar-refractivity contribution in [1.82, 2.24) is 15.0 Å². The van der Waals surface area contributed by atoms with Gasteiger partial charge in [-0.05, 0) is 13.3 Å². The van der Waals surface area contributed by atoms with Crippen molar-refractivity contribution in [2.45, 2.75) is 26.3 Å². The largest absolute Gasteiger partial charge is 0.396 e. The maximum Gasteiger partial charge on any atom is 0.222 e. The summed E-state index contributed by atoms with van der Waals surface area (Å²) in [5.74, 6) is 1.02. The average Bonchev–Trinajstić information content (AvgIpc) is 2.82. The van der Waals surface area contributed by atoms with E-state index in [0.29, 0.717) is 12.8 Å². The maximum atomic E-state index is 11.8. The molecule has 6 nitrogen and oxygen atoms in total. The quantitative estimate of drug-likeness (QED) is 0.836. The minimum Gasteiger partial charge on any atom is -0.396 e. The first-order chi connectivity index (χ1) is 9.19. The molecule has 1 amide bonds. The van der Waals surface area contributed by atoms with Gasteiger partial charge in [0.25, 0.3) is 0 Å². The Morgan fingerprint density at radius 1 is 1.42 bits per heavy atom. The van der Waals surface area contributed by atoms with Crippen LogP contribution in [-0.2, 0) is 11.3 Å². The lowest BCUT2D eigenvalue weighted by molar-refractivity contribution is -0.133. The number of aliphatic hydroxyl groups is 1. The molecule has 0 spiro atoms. The topological polar surface area (TPSA) is 69.8 Å². The van der Waals surface area contributed by atoms with E-state index in [0.717, 1.165) is 44.2 Å². The molecule has 0 aromatic carbocycles. The van der Waals surface area contributed by atoms with E-state index in [1.54, 1.807) is 0 Å². The summed E-state index contributed by atoms with van der Waals surface area (Å²) in [5.41, 5.74) is 0.896. The van der Waals surface area contributed by atoms with E-state index in [2.05, 4.69) is 10.1 Å². The van der Waals surface area contributed by atoms with Crippen LogP contribution < -0.4 is 0 Å². The summed E-state index contributed by atoms with van der Waals surface area (Å²) in [6.45, 7) is 5.94. The molecule has 1 aliphatic heterocycles. The van der Waals surface area contributed by atoms with Crippen LogP contribution in [0, 0.1) is 6.92 Å². The van der Waals surface area contributed by atoms with Gasteiger partial charge in [0.05, 0.1) is 12.2 Å². The summed E-state index contributed by atoms with van der Waals surface area (Å²) in [6, 6.07) is 1.94. The Hall–Kier alpha value is -1.40. The zero-order chi connectivity index (χ0) is 13.7. The summed E-state index contributed by atoms with van der Waals surface area (Å²) >= 11 is 0. The van der Waals surface area contributed by atoms with E-state index >= 15 is 0 Å². The highest BCUT2D eigenvalue weighted by Gasteiger charge is 2.21. The maximum absolute atomic E-state index is 11.8. The number of carbonyl (C=O) groups is 1. The van der Waals surface area contributed by atoms with Crippen molar-refractivity contribution in [2.24, 2.45) is 0 Å². The van der Waals surface area contributed by atoms with Gasteiger partial charge in [0.1, 0.15) is 0 Å². The number of carbonyl (C=O) groups excluding carboxylic acids is 1. The fraction of sp³-hybridized carbons (Fsp3) is 0.692. The Labute approximate surface area is 113 Å². The van der Waals surface area contributed by atoms with E-state index in [9.17, 15) is 4.79 Å². The minimum atomic E-state index is 0.0799. The van der Waals surface area contributed by atoms with Crippen LogP contribution in [0.4, 0.5) is 0 Å². The molecular formula is C13H21N3O3. The first-order valence-corrected chi connectivity index (χ1v) is 6.72. The zero-order valence-corrected chi connectivity index (χ0v) is 11.3. The summed E-state index contributed by atoms with van der Waals surface area (Å²) in [7, 11) is 0. The summed E-state index contributed by atoms with van der Waals surface area (Å²) < 4.78 is 5.19. The van der Waals surface area contributed by atoms with Crippen molar-refractivity contribution >= 4 is 5.91 Å². The van der Waals surface area contributed by atoms with E-state index in [4.69, 9.17) is 9.63 Å². The van der Waals surface area contributed by atoms with Crippen molar-refractivity contribution in [1.29, 1.82) is 0 Å². The van der Waals surface area contributed by atoms with Gasteiger partial charge in [0, 0.05) is 45.3 Å². The Kier molecular flexibility index (Phi) is 4.93. The highest BCUT2D eigenvalue weighted by Crippen LogP contribution is 2.10. The predicted molar refractivity (Wildman–Crippen MR) is 69.4 cm³/mol. The fourth-order valence-corrected chi connectivity index (χ4v) is 2.25. The molecule has 0 bridgehead atoms. The molecule has 0 unspecified atom stereocenters. The highest BCUT2D eigenvalue weighted by atomic mass is 16.5. The Bertz CT molecular complexity index is 411. The minimum absolute atomic E-state index is 0.0799. The number of hydrogen-bond acceptors (Lipinski definition) is 5. The third-order valence-electron chi connectivity index (χ3n) is 3.33. The zero-order valence-electron chi connectivity index (χ0n) is 11.3. The Morgan fingerprint density at radius 2 is 2.16 bits per heavy atom. The molecule has 2 heterocycles. The lowest BCUT2D eigenvalue weighted by Gasteiger charge is -2.34. The van der Waals surface area contributed by atoms with Gasteiger partial charge in [0.2, 0.25) is 5.91 Å². The second kappa shape index (κ2) is 6.68. The molecule has 1 aromatic rings. The van der Waals surface area contributed by atoms with Gasteiger partial charge in [0.15, 0.2) is 5.76 Å². The van der Waals surface area contributed by atoms with Gasteiger partial charge in [-0.15, -0.1) is 0 Å². The molecule has 19 heavy (non-hydrogen) atoms. The van der Waals surface area contributed by atoms with Gasteiger partial charge in [-0.2, -0.15) is 0 Å². The molecule has 0 saturated carbocycles. The number of aryl methyl sites for hydroxylation is 1. The van der Waals surface area contributed by atoms with Crippen molar-refractivity contribution < 1.29 is 14.4 Å². The van der Waals surface area contributed by atoms with Crippen molar-refractivity contribution in [2.75, 3.05) is 32.8 Å². The molecule has 1 N–H and O–H groups in total. The summed E-state index contributed by atoms with van der Waals surface area (Å²) in [4.78, 5) is 15.9. The smallest absolute Gasteiger partial charge is 0.222 e. The molecule has 0 radical (unpaired) electrons. The van der Waals surface area contributed by atoms with E-state index < -0.39 is 0 Å². The second-order valence-corrected chi connectivity index (χ2v) is 4.92. The highest BCUT2D eigenvalue weighted by molar-refractivity contribution is 5.76. The van der Waals surface area contributed by atoms with Crippen molar-refractivity contribution in [3.8, 4) is 0 Å². The van der Waals surface area contributed by atoms with Gasteiger partial charge in [-0.1, -0.05) is 5.16 Å². The van der Waals surface area contributed by atoms with E-state index in [-0.39, 0.29) is 12.5 Å². The lowest BCUT2D eigenvalue weighted by atomic mass is 10.2. The third kappa shape index (κ3) is 4.04. The molecule has 6 heteroatoms. The normalized spacial score (nSPS) is 16.8. The lowest BCUT2D eigenvalue weighted by Crippen LogP contribution is -2.48. The van der Waals surface area contributed by atoms with Crippen LogP contribution in [0.15, 0.2) is 10.6 Å². The van der Waals surface area contributed by atoms with Gasteiger partial charge in [-0.25, -0.2) is 0 Å². The summed E-state index contributed by atoms with van der Waals surface area (Å²) in [5, 5.41) is 12.6. The molecule has 1 aromatic heterocycles. The number of hydrogen-bond donors (Lipinski definition) is 1. The number of piperazine rings is 1.